The average Bonchev–Trinajstić information content (AvgIpc) is 2.17. The SMILES string of the molecule is CCCN1CCc2ncc(N)nc2C1. The molecule has 0 bridgehead atoms. The van der Waals surface area contributed by atoms with Crippen molar-refractivity contribution in [2.45, 2.75) is 26.3 Å². The summed E-state index contributed by atoms with van der Waals surface area (Å²) in [6.07, 6.45) is 3.84. The van der Waals surface area contributed by atoms with E-state index in [4.69, 9.17) is 5.73 Å². The maximum atomic E-state index is 5.61. The Morgan fingerprint density at radius 2 is 2.36 bits per heavy atom. The molecule has 76 valence electrons. The standard InChI is InChI=1S/C10H16N4/c1-2-4-14-5-3-8-9(7-14)13-10(11)6-12-8/h6H,2-5,7H2,1H3,(H2,11,13). The number of anilines is 1. The molecule has 0 fully saturated rings. The Bertz CT molecular complexity index is 324. The van der Waals surface area contributed by atoms with Gasteiger partial charge in [-0.1, -0.05) is 6.92 Å². The summed E-state index contributed by atoms with van der Waals surface area (Å²) in [5, 5.41) is 0. The van der Waals surface area contributed by atoms with Crippen LogP contribution >= 0.6 is 0 Å². The number of aromatic nitrogens is 2. The van der Waals surface area contributed by atoms with Crippen molar-refractivity contribution in [3.8, 4) is 0 Å². The van der Waals surface area contributed by atoms with Crippen LogP contribution < -0.4 is 5.73 Å². The summed E-state index contributed by atoms with van der Waals surface area (Å²) >= 11 is 0. The maximum absolute atomic E-state index is 5.61. The van der Waals surface area contributed by atoms with Gasteiger partial charge in [0.05, 0.1) is 17.6 Å². The first-order chi connectivity index (χ1) is 6.79. The molecule has 2 heterocycles. The highest BCUT2D eigenvalue weighted by Crippen LogP contribution is 2.15. The van der Waals surface area contributed by atoms with Crippen LogP contribution in [0.15, 0.2) is 6.20 Å². The van der Waals surface area contributed by atoms with Crippen molar-refractivity contribution in [2.75, 3.05) is 18.8 Å². The van der Waals surface area contributed by atoms with Crippen LogP contribution in [-0.2, 0) is 13.0 Å². The summed E-state index contributed by atoms with van der Waals surface area (Å²) < 4.78 is 0. The minimum Gasteiger partial charge on any atom is -0.382 e. The van der Waals surface area contributed by atoms with Gasteiger partial charge in [0.25, 0.3) is 0 Å². The third-order valence-electron chi connectivity index (χ3n) is 2.53. The van der Waals surface area contributed by atoms with E-state index in [1.807, 2.05) is 0 Å². The fourth-order valence-corrected chi connectivity index (χ4v) is 1.87. The van der Waals surface area contributed by atoms with Crippen LogP contribution in [0.3, 0.4) is 0 Å². The lowest BCUT2D eigenvalue weighted by Crippen LogP contribution is -2.32. The smallest absolute Gasteiger partial charge is 0.142 e. The van der Waals surface area contributed by atoms with Gasteiger partial charge in [0.1, 0.15) is 5.82 Å². The molecule has 0 aliphatic carbocycles. The molecule has 0 radical (unpaired) electrons. The fourth-order valence-electron chi connectivity index (χ4n) is 1.87. The van der Waals surface area contributed by atoms with Crippen molar-refractivity contribution in [3.63, 3.8) is 0 Å². The second kappa shape index (κ2) is 3.92. The largest absolute Gasteiger partial charge is 0.382 e. The van der Waals surface area contributed by atoms with Crippen molar-refractivity contribution in [1.82, 2.24) is 14.9 Å². The lowest BCUT2D eigenvalue weighted by molar-refractivity contribution is 0.248. The lowest BCUT2D eigenvalue weighted by Gasteiger charge is -2.26. The molecule has 2 N–H and O–H groups in total. The van der Waals surface area contributed by atoms with Crippen molar-refractivity contribution in [2.24, 2.45) is 0 Å². The van der Waals surface area contributed by atoms with E-state index in [-0.39, 0.29) is 0 Å². The number of rotatable bonds is 2. The van der Waals surface area contributed by atoms with E-state index in [0.717, 1.165) is 37.4 Å². The van der Waals surface area contributed by atoms with Gasteiger partial charge in [-0.15, -0.1) is 0 Å². The third kappa shape index (κ3) is 1.85. The van der Waals surface area contributed by atoms with Gasteiger partial charge in [-0.25, -0.2) is 4.98 Å². The van der Waals surface area contributed by atoms with Crippen LogP contribution in [0.4, 0.5) is 5.82 Å². The van der Waals surface area contributed by atoms with Gasteiger partial charge in [-0.2, -0.15) is 0 Å². The molecule has 2 rings (SSSR count). The van der Waals surface area contributed by atoms with Crippen molar-refractivity contribution in [3.05, 3.63) is 17.6 Å². The first kappa shape index (κ1) is 9.40. The Morgan fingerprint density at radius 1 is 1.50 bits per heavy atom. The second-order valence-corrected chi connectivity index (χ2v) is 3.71. The molecule has 0 saturated carbocycles. The highest BCUT2D eigenvalue weighted by molar-refractivity contribution is 5.28. The van der Waals surface area contributed by atoms with Gasteiger partial charge < -0.3 is 5.73 Å². The summed E-state index contributed by atoms with van der Waals surface area (Å²) in [6, 6.07) is 0. The monoisotopic (exact) mass is 192 g/mol. The lowest BCUT2D eigenvalue weighted by atomic mass is 10.1. The van der Waals surface area contributed by atoms with Crippen LogP contribution in [0.2, 0.25) is 0 Å². The molecular weight excluding hydrogens is 176 g/mol. The second-order valence-electron chi connectivity index (χ2n) is 3.71. The molecule has 0 aromatic carbocycles. The first-order valence-electron chi connectivity index (χ1n) is 5.12. The van der Waals surface area contributed by atoms with E-state index in [2.05, 4.69) is 21.8 Å². The Labute approximate surface area is 84.2 Å². The molecular formula is C10H16N4. The Kier molecular flexibility index (Phi) is 2.63. The van der Waals surface area contributed by atoms with Crippen LogP contribution in [0.25, 0.3) is 0 Å². The summed E-state index contributed by atoms with van der Waals surface area (Å²) in [7, 11) is 0. The van der Waals surface area contributed by atoms with Crippen molar-refractivity contribution >= 4 is 5.82 Å². The molecule has 0 amide bonds. The highest BCUT2D eigenvalue weighted by atomic mass is 15.1. The maximum Gasteiger partial charge on any atom is 0.142 e. The molecule has 1 aromatic rings. The predicted molar refractivity (Wildman–Crippen MR) is 55.7 cm³/mol. The van der Waals surface area contributed by atoms with Gasteiger partial charge in [-0.05, 0) is 13.0 Å². The molecule has 1 aromatic heterocycles. The zero-order valence-electron chi connectivity index (χ0n) is 8.53. The van der Waals surface area contributed by atoms with Crippen molar-refractivity contribution in [1.29, 1.82) is 0 Å². The van der Waals surface area contributed by atoms with E-state index in [9.17, 15) is 0 Å². The van der Waals surface area contributed by atoms with Crippen LogP contribution in [0.1, 0.15) is 24.7 Å². The molecule has 1 aliphatic rings. The van der Waals surface area contributed by atoms with Crippen LogP contribution in [0, 0.1) is 0 Å². The molecule has 4 nitrogen and oxygen atoms in total. The number of nitrogens with two attached hydrogens (primary N) is 1. The quantitative estimate of drug-likeness (QED) is 0.754. The van der Waals surface area contributed by atoms with Crippen LogP contribution in [0.5, 0.6) is 0 Å². The number of nitrogen functional groups attached to an aromatic ring is 1. The van der Waals surface area contributed by atoms with E-state index in [0.29, 0.717) is 5.82 Å². The van der Waals surface area contributed by atoms with E-state index < -0.39 is 0 Å². The first-order valence-corrected chi connectivity index (χ1v) is 5.12. The molecule has 0 saturated heterocycles. The molecule has 0 unspecified atom stereocenters. The summed E-state index contributed by atoms with van der Waals surface area (Å²) in [4.78, 5) is 11.0. The molecule has 1 aliphatic heterocycles. The summed E-state index contributed by atoms with van der Waals surface area (Å²) in [5.41, 5.74) is 7.79. The molecule has 0 spiro atoms. The normalized spacial score (nSPS) is 16.6. The zero-order chi connectivity index (χ0) is 9.97. The van der Waals surface area contributed by atoms with E-state index in [1.54, 1.807) is 6.20 Å². The van der Waals surface area contributed by atoms with Crippen LogP contribution in [-0.4, -0.2) is 28.0 Å². The number of hydrogen-bond donors (Lipinski definition) is 1. The van der Waals surface area contributed by atoms with Gasteiger partial charge in [0.15, 0.2) is 0 Å². The van der Waals surface area contributed by atoms with Gasteiger partial charge >= 0.3 is 0 Å². The number of nitrogens with zero attached hydrogens (tertiary/aromatic N) is 3. The molecule has 4 heteroatoms. The Hall–Kier alpha value is -1.16. The van der Waals surface area contributed by atoms with Gasteiger partial charge in [0.2, 0.25) is 0 Å². The minimum absolute atomic E-state index is 0.530. The molecule has 0 atom stereocenters. The number of fused-ring (bicyclic) bond motifs is 1. The third-order valence-corrected chi connectivity index (χ3v) is 2.53. The minimum atomic E-state index is 0.530. The average molecular weight is 192 g/mol. The predicted octanol–water partition coefficient (Wildman–Crippen LogP) is 0.827. The fraction of sp³-hybridized carbons (Fsp3) is 0.600. The highest BCUT2D eigenvalue weighted by Gasteiger charge is 2.17. The Morgan fingerprint density at radius 3 is 3.14 bits per heavy atom. The van der Waals surface area contributed by atoms with Gasteiger partial charge in [0, 0.05) is 19.5 Å². The molecule has 14 heavy (non-hydrogen) atoms. The zero-order valence-corrected chi connectivity index (χ0v) is 8.53. The number of hydrogen-bond acceptors (Lipinski definition) is 4. The summed E-state index contributed by atoms with van der Waals surface area (Å²) in [5.74, 6) is 0.530. The van der Waals surface area contributed by atoms with Crippen molar-refractivity contribution < 1.29 is 0 Å². The van der Waals surface area contributed by atoms with Gasteiger partial charge in [-0.3, -0.25) is 9.88 Å². The topological polar surface area (TPSA) is 55.0 Å². The Balaban J connectivity index is 2.16. The van der Waals surface area contributed by atoms with E-state index >= 15 is 0 Å². The van der Waals surface area contributed by atoms with E-state index in [1.165, 1.54) is 6.42 Å². The summed E-state index contributed by atoms with van der Waals surface area (Å²) in [6.45, 7) is 5.33.